The Labute approximate surface area is 111 Å². The third kappa shape index (κ3) is 4.13. The van der Waals surface area contributed by atoms with Gasteiger partial charge in [-0.25, -0.2) is 0 Å². The van der Waals surface area contributed by atoms with Crippen LogP contribution in [0.1, 0.15) is 32.4 Å². The molecule has 94 valence electrons. The second kappa shape index (κ2) is 5.65. The first-order valence-electron chi connectivity index (χ1n) is 5.61. The number of primary amides is 1. The lowest BCUT2D eigenvalue weighted by atomic mass is 9.92. The number of hydrogen-bond donors (Lipinski definition) is 2. The zero-order chi connectivity index (χ0) is 13.1. The van der Waals surface area contributed by atoms with E-state index >= 15 is 0 Å². The first-order valence-corrected chi connectivity index (χ1v) is 6.41. The van der Waals surface area contributed by atoms with Crippen molar-refractivity contribution < 1.29 is 4.79 Å². The SMILES string of the molecule is CC(NCC(C)(C)C(N)=O)c1cccc(Br)c1. The average Bonchev–Trinajstić information content (AvgIpc) is 2.25. The number of carbonyl (C=O) groups is 1. The van der Waals surface area contributed by atoms with E-state index in [9.17, 15) is 4.79 Å². The number of halogens is 1. The molecule has 3 nitrogen and oxygen atoms in total. The molecule has 0 fully saturated rings. The van der Waals surface area contributed by atoms with Crippen molar-refractivity contribution in [2.75, 3.05) is 6.54 Å². The van der Waals surface area contributed by atoms with Crippen molar-refractivity contribution in [2.24, 2.45) is 11.1 Å². The van der Waals surface area contributed by atoms with E-state index in [1.54, 1.807) is 0 Å². The lowest BCUT2D eigenvalue weighted by Gasteiger charge is -2.24. The Morgan fingerprint density at radius 1 is 1.53 bits per heavy atom. The van der Waals surface area contributed by atoms with Crippen molar-refractivity contribution in [1.29, 1.82) is 0 Å². The van der Waals surface area contributed by atoms with Crippen LogP contribution in [0.3, 0.4) is 0 Å². The molecule has 1 aromatic carbocycles. The second-order valence-corrected chi connectivity index (χ2v) is 5.82. The number of nitrogens with two attached hydrogens (primary N) is 1. The Bertz CT molecular complexity index is 404. The van der Waals surface area contributed by atoms with Crippen molar-refractivity contribution >= 4 is 21.8 Å². The van der Waals surface area contributed by atoms with Gasteiger partial charge in [0.1, 0.15) is 0 Å². The van der Waals surface area contributed by atoms with Gasteiger partial charge in [-0.05, 0) is 38.5 Å². The van der Waals surface area contributed by atoms with Crippen LogP contribution in [0.25, 0.3) is 0 Å². The standard InChI is InChI=1S/C13H19BrN2O/c1-9(10-5-4-6-11(14)7-10)16-8-13(2,3)12(15)17/h4-7,9,16H,8H2,1-3H3,(H2,15,17). The third-order valence-electron chi connectivity index (χ3n) is 2.87. The maximum absolute atomic E-state index is 11.2. The van der Waals surface area contributed by atoms with Gasteiger partial charge in [-0.3, -0.25) is 4.79 Å². The van der Waals surface area contributed by atoms with Crippen molar-refractivity contribution in [3.8, 4) is 0 Å². The second-order valence-electron chi connectivity index (χ2n) is 4.91. The minimum absolute atomic E-state index is 0.186. The Morgan fingerprint density at radius 2 is 2.18 bits per heavy atom. The molecule has 0 bridgehead atoms. The predicted octanol–water partition coefficient (Wildman–Crippen LogP) is 2.61. The average molecular weight is 299 g/mol. The van der Waals surface area contributed by atoms with Crippen LogP contribution in [0, 0.1) is 5.41 Å². The van der Waals surface area contributed by atoms with Gasteiger partial charge in [-0.15, -0.1) is 0 Å². The van der Waals surface area contributed by atoms with Crippen LogP contribution in [0.2, 0.25) is 0 Å². The monoisotopic (exact) mass is 298 g/mol. The van der Waals surface area contributed by atoms with E-state index in [0.717, 1.165) is 4.47 Å². The third-order valence-corrected chi connectivity index (χ3v) is 3.36. The van der Waals surface area contributed by atoms with Gasteiger partial charge >= 0.3 is 0 Å². The number of rotatable bonds is 5. The number of hydrogen-bond acceptors (Lipinski definition) is 2. The van der Waals surface area contributed by atoms with E-state index in [-0.39, 0.29) is 11.9 Å². The van der Waals surface area contributed by atoms with Crippen LogP contribution in [0.4, 0.5) is 0 Å². The summed E-state index contributed by atoms with van der Waals surface area (Å²) in [6.45, 7) is 6.32. The van der Waals surface area contributed by atoms with Crippen LogP contribution in [0.5, 0.6) is 0 Å². The molecule has 1 amide bonds. The molecule has 3 N–H and O–H groups in total. The van der Waals surface area contributed by atoms with E-state index < -0.39 is 5.41 Å². The van der Waals surface area contributed by atoms with Gasteiger partial charge in [-0.2, -0.15) is 0 Å². The zero-order valence-corrected chi connectivity index (χ0v) is 12.0. The normalized spacial score (nSPS) is 13.4. The minimum atomic E-state index is -0.528. The molecule has 0 heterocycles. The van der Waals surface area contributed by atoms with Gasteiger partial charge in [0.05, 0.1) is 5.41 Å². The largest absolute Gasteiger partial charge is 0.369 e. The summed E-state index contributed by atoms with van der Waals surface area (Å²) in [6.07, 6.45) is 0. The van der Waals surface area contributed by atoms with Gasteiger partial charge in [0.2, 0.25) is 5.91 Å². The topological polar surface area (TPSA) is 55.1 Å². The van der Waals surface area contributed by atoms with Gasteiger partial charge in [0.15, 0.2) is 0 Å². The molecule has 17 heavy (non-hydrogen) atoms. The lowest BCUT2D eigenvalue weighted by Crippen LogP contribution is -2.41. The van der Waals surface area contributed by atoms with E-state index in [2.05, 4.69) is 40.3 Å². The van der Waals surface area contributed by atoms with Crippen LogP contribution in [-0.4, -0.2) is 12.5 Å². The van der Waals surface area contributed by atoms with Crippen molar-refractivity contribution in [2.45, 2.75) is 26.8 Å². The van der Waals surface area contributed by atoms with Crippen molar-refractivity contribution in [1.82, 2.24) is 5.32 Å². The number of benzene rings is 1. The summed E-state index contributed by atoms with van der Waals surface area (Å²) in [5, 5.41) is 3.33. The first kappa shape index (κ1) is 14.2. The maximum Gasteiger partial charge on any atom is 0.224 e. The lowest BCUT2D eigenvalue weighted by molar-refractivity contribution is -0.125. The van der Waals surface area contributed by atoms with Crippen molar-refractivity contribution in [3.05, 3.63) is 34.3 Å². The van der Waals surface area contributed by atoms with Crippen LogP contribution in [-0.2, 0) is 4.79 Å². The quantitative estimate of drug-likeness (QED) is 0.878. The molecule has 1 atom stereocenters. The molecule has 1 aromatic rings. The highest BCUT2D eigenvalue weighted by molar-refractivity contribution is 9.10. The van der Waals surface area contributed by atoms with Crippen LogP contribution < -0.4 is 11.1 Å². The van der Waals surface area contributed by atoms with Crippen LogP contribution >= 0.6 is 15.9 Å². The van der Waals surface area contributed by atoms with Gasteiger partial charge < -0.3 is 11.1 Å². The fraction of sp³-hybridized carbons (Fsp3) is 0.462. The Balaban J connectivity index is 2.62. The molecule has 1 rings (SSSR count). The number of carbonyl (C=O) groups excluding carboxylic acids is 1. The van der Waals surface area contributed by atoms with Crippen LogP contribution in [0.15, 0.2) is 28.7 Å². The molecule has 0 aliphatic rings. The summed E-state index contributed by atoms with van der Waals surface area (Å²) in [5.74, 6) is -0.286. The fourth-order valence-electron chi connectivity index (χ4n) is 1.39. The van der Waals surface area contributed by atoms with E-state index in [4.69, 9.17) is 5.73 Å². The molecule has 1 unspecified atom stereocenters. The molecule has 0 saturated carbocycles. The molecular formula is C13H19BrN2O. The molecule has 4 heteroatoms. The zero-order valence-electron chi connectivity index (χ0n) is 10.5. The highest BCUT2D eigenvalue weighted by atomic mass is 79.9. The smallest absolute Gasteiger partial charge is 0.224 e. The minimum Gasteiger partial charge on any atom is -0.369 e. The van der Waals surface area contributed by atoms with E-state index in [1.165, 1.54) is 5.56 Å². The molecule has 0 aliphatic heterocycles. The summed E-state index contributed by atoms with van der Waals surface area (Å²) in [7, 11) is 0. The molecule has 0 spiro atoms. The Hall–Kier alpha value is -0.870. The fourth-order valence-corrected chi connectivity index (χ4v) is 1.81. The van der Waals surface area contributed by atoms with Crippen molar-refractivity contribution in [3.63, 3.8) is 0 Å². The molecule has 0 saturated heterocycles. The summed E-state index contributed by atoms with van der Waals surface area (Å²) in [4.78, 5) is 11.2. The highest BCUT2D eigenvalue weighted by Crippen LogP contribution is 2.19. The van der Waals surface area contributed by atoms with E-state index in [0.29, 0.717) is 6.54 Å². The highest BCUT2D eigenvalue weighted by Gasteiger charge is 2.25. The maximum atomic E-state index is 11.2. The van der Waals surface area contributed by atoms with Gasteiger partial charge in [-0.1, -0.05) is 28.1 Å². The molecule has 0 aromatic heterocycles. The molecule has 0 aliphatic carbocycles. The van der Waals surface area contributed by atoms with E-state index in [1.807, 2.05) is 26.0 Å². The number of nitrogens with one attached hydrogen (secondary N) is 1. The van der Waals surface area contributed by atoms with Gasteiger partial charge in [0, 0.05) is 17.1 Å². The summed E-state index contributed by atoms with van der Waals surface area (Å²) < 4.78 is 1.05. The molecule has 0 radical (unpaired) electrons. The first-order chi connectivity index (χ1) is 7.83. The summed E-state index contributed by atoms with van der Waals surface area (Å²) >= 11 is 3.44. The Morgan fingerprint density at radius 3 is 2.71 bits per heavy atom. The summed E-state index contributed by atoms with van der Waals surface area (Å²) in [5.41, 5.74) is 5.99. The summed E-state index contributed by atoms with van der Waals surface area (Å²) in [6, 6.07) is 8.29. The van der Waals surface area contributed by atoms with Gasteiger partial charge in [0.25, 0.3) is 0 Å². The molecular weight excluding hydrogens is 280 g/mol. The Kier molecular flexibility index (Phi) is 4.71. The number of amides is 1. The predicted molar refractivity (Wildman–Crippen MR) is 73.5 cm³/mol.